The first-order valence-corrected chi connectivity index (χ1v) is 9.38. The molecule has 6 heteroatoms. The number of rotatable bonds is 5. The lowest BCUT2D eigenvalue weighted by Gasteiger charge is -2.35. The van der Waals surface area contributed by atoms with Gasteiger partial charge in [0.05, 0.1) is 5.69 Å². The van der Waals surface area contributed by atoms with Crippen LogP contribution in [0.15, 0.2) is 73.4 Å². The monoisotopic (exact) mass is 372 g/mol. The number of nitrogen functional groups attached to an aromatic ring is 1. The summed E-state index contributed by atoms with van der Waals surface area (Å²) in [6, 6.07) is 20.7. The Morgan fingerprint density at radius 1 is 1.11 bits per heavy atom. The van der Waals surface area contributed by atoms with E-state index in [0.29, 0.717) is 5.82 Å². The van der Waals surface area contributed by atoms with Crippen LogP contribution in [-0.4, -0.2) is 29.6 Å². The van der Waals surface area contributed by atoms with Crippen molar-refractivity contribution in [2.24, 2.45) is 5.84 Å². The van der Waals surface area contributed by atoms with Crippen molar-refractivity contribution in [1.29, 1.82) is 0 Å². The summed E-state index contributed by atoms with van der Waals surface area (Å²) in [5.41, 5.74) is 6.37. The van der Waals surface area contributed by atoms with Gasteiger partial charge in [0, 0.05) is 43.0 Å². The van der Waals surface area contributed by atoms with E-state index < -0.39 is 0 Å². The topological polar surface area (TPSA) is 79.1 Å². The van der Waals surface area contributed by atoms with Gasteiger partial charge in [0.25, 0.3) is 0 Å². The Labute approximate surface area is 165 Å². The molecule has 4 rings (SSSR count). The summed E-state index contributed by atoms with van der Waals surface area (Å²) in [6.45, 7) is 6.92. The molecule has 28 heavy (non-hydrogen) atoms. The second-order valence-electron chi connectivity index (χ2n) is 6.77. The summed E-state index contributed by atoms with van der Waals surface area (Å²) in [6.07, 6.45) is 1.69. The molecule has 3 aromatic rings. The van der Waals surface area contributed by atoms with Crippen molar-refractivity contribution in [3.8, 4) is 0 Å². The van der Waals surface area contributed by atoms with Crippen LogP contribution in [0.25, 0.3) is 5.57 Å². The van der Waals surface area contributed by atoms with Crippen LogP contribution < -0.4 is 21.5 Å². The molecule has 1 aromatic carbocycles. The van der Waals surface area contributed by atoms with Crippen molar-refractivity contribution in [2.75, 3.05) is 30.0 Å². The molecule has 1 atom stereocenters. The van der Waals surface area contributed by atoms with Crippen LogP contribution >= 0.6 is 0 Å². The summed E-state index contributed by atoms with van der Waals surface area (Å²) < 4.78 is 0. The first-order valence-electron chi connectivity index (χ1n) is 9.38. The zero-order chi connectivity index (χ0) is 19.3. The number of nitrogens with zero attached hydrogens (tertiary/aromatic N) is 3. The fourth-order valence-corrected chi connectivity index (χ4v) is 3.54. The van der Waals surface area contributed by atoms with Crippen molar-refractivity contribution in [2.45, 2.75) is 6.04 Å². The van der Waals surface area contributed by atoms with Crippen molar-refractivity contribution in [1.82, 2.24) is 15.3 Å². The minimum absolute atomic E-state index is 0.287. The van der Waals surface area contributed by atoms with Gasteiger partial charge in [0.15, 0.2) is 0 Å². The molecule has 142 valence electrons. The third-order valence-electron chi connectivity index (χ3n) is 5.01. The maximum Gasteiger partial charge on any atom is 0.147 e. The van der Waals surface area contributed by atoms with Crippen molar-refractivity contribution in [3.63, 3.8) is 0 Å². The van der Waals surface area contributed by atoms with Crippen LogP contribution in [-0.2, 0) is 0 Å². The van der Waals surface area contributed by atoms with E-state index >= 15 is 0 Å². The zero-order valence-electron chi connectivity index (χ0n) is 15.7. The number of pyridine rings is 2. The smallest absolute Gasteiger partial charge is 0.147 e. The lowest BCUT2D eigenvalue weighted by atomic mass is 10.0. The zero-order valence-corrected chi connectivity index (χ0v) is 15.7. The minimum atomic E-state index is 0.287. The van der Waals surface area contributed by atoms with Crippen LogP contribution in [0, 0.1) is 0 Å². The van der Waals surface area contributed by atoms with Gasteiger partial charge in [-0.1, -0.05) is 43.0 Å². The number of nitrogens with two attached hydrogens (primary N) is 1. The molecule has 1 fully saturated rings. The highest BCUT2D eigenvalue weighted by Gasteiger charge is 2.22. The predicted octanol–water partition coefficient (Wildman–Crippen LogP) is 2.97. The average Bonchev–Trinajstić information content (AvgIpc) is 2.79. The number of hydrogen-bond donors (Lipinski definition) is 3. The number of piperazine rings is 1. The molecule has 0 unspecified atom stereocenters. The first kappa shape index (κ1) is 18.2. The molecule has 0 bridgehead atoms. The maximum atomic E-state index is 5.59. The number of hydrazine groups is 1. The van der Waals surface area contributed by atoms with E-state index in [1.807, 2.05) is 30.3 Å². The largest absolute Gasteiger partial charge is 0.353 e. The predicted molar refractivity (Wildman–Crippen MR) is 114 cm³/mol. The fourth-order valence-electron chi connectivity index (χ4n) is 3.54. The minimum Gasteiger partial charge on any atom is -0.353 e. The lowest BCUT2D eigenvalue weighted by Crippen LogP contribution is -2.46. The SMILES string of the molecule is C=C(c1cccc(N2CCN[C@H](c3ccccc3)C2)n1)c1cccnc1NN. The normalized spacial score (nSPS) is 16.6. The lowest BCUT2D eigenvalue weighted by molar-refractivity contribution is 0.469. The van der Waals surface area contributed by atoms with E-state index in [1.54, 1.807) is 6.20 Å². The fraction of sp³-hybridized carbons (Fsp3) is 0.182. The second-order valence-corrected chi connectivity index (χ2v) is 6.77. The summed E-state index contributed by atoms with van der Waals surface area (Å²) >= 11 is 0. The van der Waals surface area contributed by atoms with Crippen LogP contribution in [0.3, 0.4) is 0 Å². The number of aromatic nitrogens is 2. The van der Waals surface area contributed by atoms with Gasteiger partial charge < -0.3 is 15.6 Å². The number of nitrogens with one attached hydrogen (secondary N) is 2. The Morgan fingerprint density at radius 3 is 2.79 bits per heavy atom. The van der Waals surface area contributed by atoms with Gasteiger partial charge in [0.1, 0.15) is 11.6 Å². The molecule has 1 aliphatic heterocycles. The summed E-state index contributed by atoms with van der Waals surface area (Å²) in [5, 5.41) is 3.60. The molecule has 0 spiro atoms. The van der Waals surface area contributed by atoms with Crippen LogP contribution in [0.2, 0.25) is 0 Å². The molecular formula is C22H24N6. The van der Waals surface area contributed by atoms with E-state index in [1.165, 1.54) is 5.56 Å². The number of anilines is 2. The van der Waals surface area contributed by atoms with Gasteiger partial charge in [-0.15, -0.1) is 0 Å². The van der Waals surface area contributed by atoms with Gasteiger partial charge in [-0.25, -0.2) is 15.8 Å². The Kier molecular flexibility index (Phi) is 5.32. The van der Waals surface area contributed by atoms with Crippen LogP contribution in [0.5, 0.6) is 0 Å². The van der Waals surface area contributed by atoms with Crippen molar-refractivity contribution >= 4 is 17.2 Å². The molecule has 2 aromatic heterocycles. The second kappa shape index (κ2) is 8.21. The molecular weight excluding hydrogens is 348 g/mol. The van der Waals surface area contributed by atoms with Gasteiger partial charge >= 0.3 is 0 Å². The molecule has 4 N–H and O–H groups in total. The van der Waals surface area contributed by atoms with Crippen LogP contribution in [0.1, 0.15) is 22.9 Å². The Hall–Kier alpha value is -3.22. The molecule has 1 saturated heterocycles. The molecule has 0 aliphatic carbocycles. The number of hydrogen-bond acceptors (Lipinski definition) is 6. The average molecular weight is 372 g/mol. The van der Waals surface area contributed by atoms with E-state index in [2.05, 4.69) is 57.5 Å². The highest BCUT2D eigenvalue weighted by Crippen LogP contribution is 2.27. The summed E-state index contributed by atoms with van der Waals surface area (Å²) in [4.78, 5) is 11.5. The van der Waals surface area contributed by atoms with E-state index in [4.69, 9.17) is 10.8 Å². The summed E-state index contributed by atoms with van der Waals surface area (Å²) in [7, 11) is 0. The van der Waals surface area contributed by atoms with Gasteiger partial charge in [0.2, 0.25) is 0 Å². The maximum absolute atomic E-state index is 5.59. The molecule has 0 saturated carbocycles. The quantitative estimate of drug-likeness (QED) is 0.472. The molecule has 3 heterocycles. The van der Waals surface area contributed by atoms with E-state index in [9.17, 15) is 0 Å². The Morgan fingerprint density at radius 2 is 1.96 bits per heavy atom. The highest BCUT2D eigenvalue weighted by atomic mass is 15.3. The molecule has 1 aliphatic rings. The van der Waals surface area contributed by atoms with Crippen molar-refractivity contribution < 1.29 is 0 Å². The highest BCUT2D eigenvalue weighted by molar-refractivity contribution is 5.82. The van der Waals surface area contributed by atoms with Crippen molar-refractivity contribution in [3.05, 3.63) is 90.3 Å². The van der Waals surface area contributed by atoms with Gasteiger partial charge in [-0.2, -0.15) is 0 Å². The number of benzene rings is 1. The van der Waals surface area contributed by atoms with Gasteiger partial charge in [-0.05, 0) is 29.8 Å². The Balaban J connectivity index is 1.57. The molecule has 0 radical (unpaired) electrons. The third kappa shape index (κ3) is 3.74. The Bertz CT molecular complexity index is 956. The van der Waals surface area contributed by atoms with Gasteiger partial charge in [-0.3, -0.25) is 0 Å². The van der Waals surface area contributed by atoms with E-state index in [0.717, 1.165) is 42.3 Å². The summed E-state index contributed by atoms with van der Waals surface area (Å²) in [5.74, 6) is 7.13. The molecule has 0 amide bonds. The molecule has 6 nitrogen and oxygen atoms in total. The van der Waals surface area contributed by atoms with Crippen LogP contribution in [0.4, 0.5) is 11.6 Å². The first-order chi connectivity index (χ1) is 13.8. The third-order valence-corrected chi connectivity index (χ3v) is 5.01. The standard InChI is InChI=1S/C22H24N6/c1-16(18-9-6-12-25-22(18)27-23)19-10-5-11-21(26-19)28-14-13-24-20(15-28)17-7-3-2-4-8-17/h2-12,20,24H,1,13-15,23H2,(H,25,27)/t20-/m0/s1. The van der Waals surface area contributed by atoms with E-state index in [-0.39, 0.29) is 6.04 Å².